The predicted octanol–water partition coefficient (Wildman–Crippen LogP) is 2.67. The number of hydrogen-bond acceptors (Lipinski definition) is 3. The molecule has 2 aromatic rings. The fourth-order valence-electron chi connectivity index (χ4n) is 1.50. The maximum atomic E-state index is 5.86. The maximum Gasteiger partial charge on any atom is 0.136 e. The number of hydrogen-bond donors (Lipinski definition) is 2. The first-order valence-electron chi connectivity index (χ1n) is 4.94. The van der Waals surface area contributed by atoms with Gasteiger partial charge in [0.2, 0.25) is 0 Å². The lowest BCUT2D eigenvalue weighted by Gasteiger charge is -2.03. The van der Waals surface area contributed by atoms with Gasteiger partial charge in [-0.1, -0.05) is 6.92 Å². The van der Waals surface area contributed by atoms with Crippen molar-refractivity contribution < 1.29 is 4.42 Å². The molecule has 0 saturated heterocycles. The van der Waals surface area contributed by atoms with Crippen molar-refractivity contribution in [1.29, 1.82) is 0 Å². The molecule has 4 N–H and O–H groups in total. The summed E-state index contributed by atoms with van der Waals surface area (Å²) in [6.45, 7) is 2.05. The molecule has 3 nitrogen and oxygen atoms in total. The number of nitrogen functional groups attached to an aromatic ring is 2. The van der Waals surface area contributed by atoms with Gasteiger partial charge in [0, 0.05) is 23.4 Å². The molecule has 0 aliphatic carbocycles. The van der Waals surface area contributed by atoms with Crippen LogP contribution in [0.2, 0.25) is 0 Å². The maximum absolute atomic E-state index is 5.86. The first-order valence-corrected chi connectivity index (χ1v) is 4.94. The Labute approximate surface area is 88.7 Å². The van der Waals surface area contributed by atoms with Crippen molar-refractivity contribution >= 4 is 11.4 Å². The van der Waals surface area contributed by atoms with Gasteiger partial charge in [-0.05, 0) is 30.3 Å². The zero-order valence-corrected chi connectivity index (χ0v) is 8.66. The number of aryl methyl sites for hydroxylation is 1. The van der Waals surface area contributed by atoms with Crippen LogP contribution in [0.15, 0.2) is 34.7 Å². The molecule has 2 rings (SSSR count). The Balaban J connectivity index is 2.48. The van der Waals surface area contributed by atoms with E-state index in [1.54, 1.807) is 12.1 Å². The van der Waals surface area contributed by atoms with Gasteiger partial charge >= 0.3 is 0 Å². The Morgan fingerprint density at radius 2 is 1.93 bits per heavy atom. The summed E-state index contributed by atoms with van der Waals surface area (Å²) in [5, 5.41) is 0. The molecule has 0 amide bonds. The zero-order valence-electron chi connectivity index (χ0n) is 8.66. The molecule has 1 aromatic heterocycles. The van der Waals surface area contributed by atoms with Crippen LogP contribution in [0.3, 0.4) is 0 Å². The smallest absolute Gasteiger partial charge is 0.136 e. The molecule has 0 radical (unpaired) electrons. The third kappa shape index (κ3) is 1.81. The van der Waals surface area contributed by atoms with Crippen LogP contribution in [-0.2, 0) is 6.42 Å². The van der Waals surface area contributed by atoms with Crippen LogP contribution in [-0.4, -0.2) is 0 Å². The van der Waals surface area contributed by atoms with Gasteiger partial charge in [0.05, 0.1) is 0 Å². The molecular weight excluding hydrogens is 188 g/mol. The Hall–Kier alpha value is -1.90. The zero-order chi connectivity index (χ0) is 10.8. The van der Waals surface area contributed by atoms with Gasteiger partial charge in [0.25, 0.3) is 0 Å². The second-order valence-corrected chi connectivity index (χ2v) is 3.47. The summed E-state index contributed by atoms with van der Waals surface area (Å²) in [7, 11) is 0. The van der Waals surface area contributed by atoms with E-state index < -0.39 is 0 Å². The molecular formula is C12H14N2O. The molecule has 15 heavy (non-hydrogen) atoms. The van der Waals surface area contributed by atoms with E-state index in [4.69, 9.17) is 15.9 Å². The van der Waals surface area contributed by atoms with Crippen molar-refractivity contribution in [1.82, 2.24) is 0 Å². The molecule has 0 fully saturated rings. The van der Waals surface area contributed by atoms with Crippen molar-refractivity contribution in [3.8, 4) is 11.3 Å². The number of rotatable bonds is 2. The normalized spacial score (nSPS) is 10.5. The summed E-state index contributed by atoms with van der Waals surface area (Å²) in [4.78, 5) is 0. The Bertz CT molecular complexity index is 474. The van der Waals surface area contributed by atoms with Crippen molar-refractivity contribution in [3.05, 3.63) is 36.1 Å². The minimum Gasteiger partial charge on any atom is -0.461 e. The number of anilines is 2. The second kappa shape index (κ2) is 3.69. The van der Waals surface area contributed by atoms with E-state index in [9.17, 15) is 0 Å². The summed E-state index contributed by atoms with van der Waals surface area (Å²) in [5.74, 6) is 1.73. The molecule has 1 heterocycles. The third-order valence-corrected chi connectivity index (χ3v) is 2.35. The van der Waals surface area contributed by atoms with Gasteiger partial charge in [0.15, 0.2) is 0 Å². The van der Waals surface area contributed by atoms with E-state index in [0.717, 1.165) is 23.5 Å². The molecule has 0 saturated carbocycles. The van der Waals surface area contributed by atoms with Crippen LogP contribution in [0.1, 0.15) is 12.7 Å². The first kappa shape index (κ1) is 9.65. The van der Waals surface area contributed by atoms with Crippen molar-refractivity contribution in [2.24, 2.45) is 0 Å². The van der Waals surface area contributed by atoms with Crippen molar-refractivity contribution in [2.75, 3.05) is 11.5 Å². The largest absolute Gasteiger partial charge is 0.461 e. The summed E-state index contributed by atoms with van der Waals surface area (Å²) < 4.78 is 5.62. The fraction of sp³-hybridized carbons (Fsp3) is 0.167. The van der Waals surface area contributed by atoms with Gasteiger partial charge < -0.3 is 15.9 Å². The van der Waals surface area contributed by atoms with E-state index in [-0.39, 0.29) is 0 Å². The van der Waals surface area contributed by atoms with E-state index >= 15 is 0 Å². The molecule has 0 spiro atoms. The average molecular weight is 202 g/mol. The fourth-order valence-corrected chi connectivity index (χ4v) is 1.50. The number of benzene rings is 1. The van der Waals surface area contributed by atoms with Crippen LogP contribution in [0.5, 0.6) is 0 Å². The summed E-state index contributed by atoms with van der Waals surface area (Å²) in [6.07, 6.45) is 0.877. The summed E-state index contributed by atoms with van der Waals surface area (Å²) in [6, 6.07) is 9.27. The van der Waals surface area contributed by atoms with Crippen molar-refractivity contribution in [2.45, 2.75) is 13.3 Å². The quantitative estimate of drug-likeness (QED) is 0.736. The van der Waals surface area contributed by atoms with E-state index in [2.05, 4.69) is 0 Å². The third-order valence-electron chi connectivity index (χ3n) is 2.35. The topological polar surface area (TPSA) is 65.2 Å². The average Bonchev–Trinajstić information content (AvgIpc) is 2.70. The highest BCUT2D eigenvalue weighted by molar-refractivity contribution is 5.76. The van der Waals surface area contributed by atoms with Gasteiger partial charge in [-0.3, -0.25) is 0 Å². The molecule has 0 aliphatic rings. The second-order valence-electron chi connectivity index (χ2n) is 3.47. The van der Waals surface area contributed by atoms with Crippen LogP contribution in [0, 0.1) is 0 Å². The number of nitrogens with two attached hydrogens (primary N) is 2. The lowest BCUT2D eigenvalue weighted by Crippen LogP contribution is -1.91. The SMILES string of the molecule is CCc1ccc(-c2cc(N)ccc2N)o1. The van der Waals surface area contributed by atoms with Crippen LogP contribution < -0.4 is 11.5 Å². The van der Waals surface area contributed by atoms with Crippen LogP contribution in [0.25, 0.3) is 11.3 Å². The van der Waals surface area contributed by atoms with Gasteiger partial charge in [-0.15, -0.1) is 0 Å². The minimum absolute atomic E-state index is 0.682. The van der Waals surface area contributed by atoms with E-state index in [1.807, 2.05) is 25.1 Å². The van der Waals surface area contributed by atoms with Crippen LogP contribution in [0.4, 0.5) is 11.4 Å². The summed E-state index contributed by atoms with van der Waals surface area (Å²) in [5.41, 5.74) is 13.8. The monoisotopic (exact) mass is 202 g/mol. The predicted molar refractivity (Wildman–Crippen MR) is 62.3 cm³/mol. The van der Waals surface area contributed by atoms with Crippen LogP contribution >= 0.6 is 0 Å². The van der Waals surface area contributed by atoms with Gasteiger partial charge in [0.1, 0.15) is 11.5 Å². The Morgan fingerprint density at radius 1 is 1.13 bits per heavy atom. The Morgan fingerprint density at radius 3 is 2.60 bits per heavy atom. The molecule has 0 aliphatic heterocycles. The van der Waals surface area contributed by atoms with E-state index in [0.29, 0.717) is 11.4 Å². The lowest BCUT2D eigenvalue weighted by atomic mass is 10.1. The van der Waals surface area contributed by atoms with Gasteiger partial charge in [-0.25, -0.2) is 0 Å². The Kier molecular flexibility index (Phi) is 2.37. The highest BCUT2D eigenvalue weighted by Gasteiger charge is 2.07. The molecule has 78 valence electrons. The summed E-state index contributed by atoms with van der Waals surface area (Å²) >= 11 is 0. The minimum atomic E-state index is 0.682. The first-order chi connectivity index (χ1) is 7.20. The molecule has 1 aromatic carbocycles. The lowest BCUT2D eigenvalue weighted by molar-refractivity contribution is 0.529. The van der Waals surface area contributed by atoms with Gasteiger partial charge in [-0.2, -0.15) is 0 Å². The molecule has 3 heteroatoms. The highest BCUT2D eigenvalue weighted by Crippen LogP contribution is 2.29. The van der Waals surface area contributed by atoms with Crippen molar-refractivity contribution in [3.63, 3.8) is 0 Å². The molecule has 0 bridgehead atoms. The van der Waals surface area contributed by atoms with E-state index in [1.165, 1.54) is 0 Å². The molecule has 0 unspecified atom stereocenters. The molecule has 0 atom stereocenters. The highest BCUT2D eigenvalue weighted by atomic mass is 16.3. The number of furan rings is 1. The standard InChI is InChI=1S/C12H14N2O/c1-2-9-4-6-12(15-9)10-7-8(13)3-5-11(10)14/h3-7H,2,13-14H2,1H3.